The molecule has 82 valence electrons. The SMILES string of the molecule is Nc1nccnc1NC1CCCC1CO. The van der Waals surface area contributed by atoms with Crippen molar-refractivity contribution >= 4 is 11.6 Å². The van der Waals surface area contributed by atoms with Crippen LogP contribution in [0.15, 0.2) is 12.4 Å². The largest absolute Gasteiger partial charge is 0.396 e. The Morgan fingerprint density at radius 2 is 2.20 bits per heavy atom. The molecule has 1 aromatic rings. The van der Waals surface area contributed by atoms with Crippen LogP contribution in [0.5, 0.6) is 0 Å². The van der Waals surface area contributed by atoms with Crippen LogP contribution < -0.4 is 11.1 Å². The van der Waals surface area contributed by atoms with Crippen molar-refractivity contribution in [2.45, 2.75) is 25.3 Å². The number of rotatable bonds is 3. The van der Waals surface area contributed by atoms with E-state index in [0.29, 0.717) is 17.6 Å². The van der Waals surface area contributed by atoms with Crippen LogP contribution in [0.4, 0.5) is 11.6 Å². The zero-order chi connectivity index (χ0) is 10.7. The van der Waals surface area contributed by atoms with Gasteiger partial charge in [0, 0.05) is 31.0 Å². The van der Waals surface area contributed by atoms with E-state index in [1.165, 1.54) is 0 Å². The van der Waals surface area contributed by atoms with E-state index < -0.39 is 0 Å². The maximum atomic E-state index is 9.18. The first kappa shape index (κ1) is 10.2. The first-order chi connectivity index (χ1) is 7.31. The number of anilines is 2. The standard InChI is InChI=1S/C10H16N4O/c11-9-10(13-5-4-12-9)14-8-3-1-2-7(8)6-15/h4-5,7-8,15H,1-3,6H2,(H2,11,12)(H,13,14). The van der Waals surface area contributed by atoms with Crippen molar-refractivity contribution in [2.75, 3.05) is 17.7 Å². The van der Waals surface area contributed by atoms with E-state index in [0.717, 1.165) is 19.3 Å². The van der Waals surface area contributed by atoms with Crippen molar-refractivity contribution in [2.24, 2.45) is 5.92 Å². The molecule has 2 atom stereocenters. The average molecular weight is 208 g/mol. The van der Waals surface area contributed by atoms with Gasteiger partial charge in [0.2, 0.25) is 0 Å². The lowest BCUT2D eigenvalue weighted by atomic mass is 10.1. The zero-order valence-electron chi connectivity index (χ0n) is 8.56. The Balaban J connectivity index is 2.05. The Morgan fingerprint density at radius 1 is 1.40 bits per heavy atom. The van der Waals surface area contributed by atoms with E-state index in [-0.39, 0.29) is 12.6 Å². The van der Waals surface area contributed by atoms with Gasteiger partial charge in [0.25, 0.3) is 0 Å². The average Bonchev–Trinajstić information content (AvgIpc) is 2.69. The molecule has 2 unspecified atom stereocenters. The molecule has 1 aliphatic rings. The molecule has 1 saturated carbocycles. The fourth-order valence-corrected chi connectivity index (χ4v) is 2.08. The molecule has 0 radical (unpaired) electrons. The summed E-state index contributed by atoms with van der Waals surface area (Å²) in [5.41, 5.74) is 5.69. The van der Waals surface area contributed by atoms with Crippen molar-refractivity contribution in [3.05, 3.63) is 12.4 Å². The predicted molar refractivity (Wildman–Crippen MR) is 58.3 cm³/mol. The van der Waals surface area contributed by atoms with Crippen molar-refractivity contribution in [1.29, 1.82) is 0 Å². The summed E-state index contributed by atoms with van der Waals surface area (Å²) in [6.07, 6.45) is 6.44. The second kappa shape index (κ2) is 4.44. The van der Waals surface area contributed by atoms with Crippen LogP contribution in [0.1, 0.15) is 19.3 Å². The maximum Gasteiger partial charge on any atom is 0.169 e. The fourth-order valence-electron chi connectivity index (χ4n) is 2.08. The van der Waals surface area contributed by atoms with Crippen molar-refractivity contribution in [3.8, 4) is 0 Å². The molecule has 5 nitrogen and oxygen atoms in total. The molecule has 2 rings (SSSR count). The van der Waals surface area contributed by atoms with Gasteiger partial charge in [0.05, 0.1) is 0 Å². The van der Waals surface area contributed by atoms with Gasteiger partial charge in [-0.15, -0.1) is 0 Å². The van der Waals surface area contributed by atoms with Crippen LogP contribution in [0.25, 0.3) is 0 Å². The molecular formula is C10H16N4O. The summed E-state index contributed by atoms with van der Waals surface area (Å²) in [5, 5.41) is 12.4. The number of nitrogens with zero attached hydrogens (tertiary/aromatic N) is 2. The second-order valence-electron chi connectivity index (χ2n) is 3.91. The summed E-state index contributed by atoms with van der Waals surface area (Å²) < 4.78 is 0. The number of nitrogens with two attached hydrogens (primary N) is 1. The molecule has 0 aliphatic heterocycles. The minimum Gasteiger partial charge on any atom is -0.396 e. The highest BCUT2D eigenvalue weighted by Gasteiger charge is 2.27. The van der Waals surface area contributed by atoms with E-state index in [9.17, 15) is 5.11 Å². The third-order valence-corrected chi connectivity index (χ3v) is 2.94. The first-order valence-electron chi connectivity index (χ1n) is 5.25. The van der Waals surface area contributed by atoms with Gasteiger partial charge in [0.15, 0.2) is 11.6 Å². The molecule has 0 saturated heterocycles. The lowest BCUT2D eigenvalue weighted by Crippen LogP contribution is -2.27. The molecule has 0 aromatic carbocycles. The molecule has 4 N–H and O–H groups in total. The highest BCUT2D eigenvalue weighted by Crippen LogP contribution is 2.28. The Labute approximate surface area is 88.7 Å². The molecular weight excluding hydrogens is 192 g/mol. The van der Waals surface area contributed by atoms with E-state index >= 15 is 0 Å². The molecule has 5 heteroatoms. The van der Waals surface area contributed by atoms with Gasteiger partial charge in [0.1, 0.15) is 0 Å². The van der Waals surface area contributed by atoms with Crippen LogP contribution in [-0.2, 0) is 0 Å². The van der Waals surface area contributed by atoms with E-state index in [4.69, 9.17) is 5.73 Å². The van der Waals surface area contributed by atoms with Gasteiger partial charge in [-0.05, 0) is 12.8 Å². The summed E-state index contributed by atoms with van der Waals surface area (Å²) >= 11 is 0. The van der Waals surface area contributed by atoms with Crippen molar-refractivity contribution in [3.63, 3.8) is 0 Å². The highest BCUT2D eigenvalue weighted by molar-refractivity contribution is 5.55. The molecule has 15 heavy (non-hydrogen) atoms. The van der Waals surface area contributed by atoms with Crippen LogP contribution in [0.3, 0.4) is 0 Å². The van der Waals surface area contributed by atoms with Gasteiger partial charge in [-0.1, -0.05) is 6.42 Å². The number of hydrogen-bond acceptors (Lipinski definition) is 5. The molecule has 1 aromatic heterocycles. The number of aliphatic hydroxyl groups excluding tert-OH is 1. The summed E-state index contributed by atoms with van der Waals surface area (Å²) in [6, 6.07) is 0.272. The summed E-state index contributed by atoms with van der Waals surface area (Å²) in [6.45, 7) is 0.220. The number of nitrogens with one attached hydrogen (secondary N) is 1. The topological polar surface area (TPSA) is 84.1 Å². The van der Waals surface area contributed by atoms with Gasteiger partial charge in [-0.25, -0.2) is 9.97 Å². The minimum atomic E-state index is 0.220. The molecule has 1 fully saturated rings. The van der Waals surface area contributed by atoms with Crippen LogP contribution >= 0.6 is 0 Å². The Hall–Kier alpha value is -1.36. The van der Waals surface area contributed by atoms with Gasteiger partial charge in [-0.3, -0.25) is 0 Å². The van der Waals surface area contributed by atoms with E-state index in [1.807, 2.05) is 0 Å². The third-order valence-electron chi connectivity index (χ3n) is 2.94. The number of nitrogen functional groups attached to an aromatic ring is 1. The second-order valence-corrected chi connectivity index (χ2v) is 3.91. The lowest BCUT2D eigenvalue weighted by molar-refractivity contribution is 0.222. The minimum absolute atomic E-state index is 0.220. The van der Waals surface area contributed by atoms with E-state index in [2.05, 4.69) is 15.3 Å². The van der Waals surface area contributed by atoms with Crippen molar-refractivity contribution < 1.29 is 5.11 Å². The Bertz CT molecular complexity index is 331. The molecule has 1 heterocycles. The van der Waals surface area contributed by atoms with Crippen molar-refractivity contribution in [1.82, 2.24) is 9.97 Å². The first-order valence-corrected chi connectivity index (χ1v) is 5.25. The number of aromatic nitrogens is 2. The van der Waals surface area contributed by atoms with Gasteiger partial charge >= 0.3 is 0 Å². The van der Waals surface area contributed by atoms with Gasteiger partial charge in [-0.2, -0.15) is 0 Å². The smallest absolute Gasteiger partial charge is 0.169 e. The zero-order valence-corrected chi connectivity index (χ0v) is 8.56. The van der Waals surface area contributed by atoms with Crippen LogP contribution in [0.2, 0.25) is 0 Å². The highest BCUT2D eigenvalue weighted by atomic mass is 16.3. The molecule has 0 bridgehead atoms. The number of hydrogen-bond donors (Lipinski definition) is 3. The van der Waals surface area contributed by atoms with Gasteiger partial charge < -0.3 is 16.2 Å². The Kier molecular flexibility index (Phi) is 3.01. The quantitative estimate of drug-likeness (QED) is 0.678. The number of aliphatic hydroxyl groups is 1. The summed E-state index contributed by atoms with van der Waals surface area (Å²) in [5.74, 6) is 1.36. The predicted octanol–water partition coefficient (Wildman–Crippen LogP) is 0.632. The lowest BCUT2D eigenvalue weighted by Gasteiger charge is -2.19. The summed E-state index contributed by atoms with van der Waals surface area (Å²) in [7, 11) is 0. The molecule has 0 amide bonds. The molecule has 1 aliphatic carbocycles. The van der Waals surface area contributed by atoms with Crippen LogP contribution in [0, 0.1) is 5.92 Å². The van der Waals surface area contributed by atoms with E-state index in [1.54, 1.807) is 12.4 Å². The van der Waals surface area contributed by atoms with Crippen LogP contribution in [-0.4, -0.2) is 27.7 Å². The monoisotopic (exact) mass is 208 g/mol. The summed E-state index contributed by atoms with van der Waals surface area (Å²) in [4.78, 5) is 8.09. The fraction of sp³-hybridized carbons (Fsp3) is 0.600. The molecule has 0 spiro atoms. The maximum absolute atomic E-state index is 9.18. The Morgan fingerprint density at radius 3 is 2.93 bits per heavy atom. The normalized spacial score (nSPS) is 25.4. The third kappa shape index (κ3) is 2.18.